The summed E-state index contributed by atoms with van der Waals surface area (Å²) in [6.45, 7) is 2.45. The van der Waals surface area contributed by atoms with Crippen molar-refractivity contribution in [2.24, 2.45) is 0 Å². The molecule has 1 aliphatic rings. The number of alkyl halides is 1. The van der Waals surface area contributed by atoms with E-state index in [0.717, 1.165) is 6.07 Å². The Morgan fingerprint density at radius 2 is 2.26 bits per heavy atom. The largest absolute Gasteiger partial charge is 0.378 e. The highest BCUT2D eigenvalue weighted by Gasteiger charge is 2.34. The molecule has 1 saturated heterocycles. The van der Waals surface area contributed by atoms with E-state index in [1.165, 1.54) is 16.4 Å². The van der Waals surface area contributed by atoms with Crippen molar-refractivity contribution in [1.29, 1.82) is 0 Å². The van der Waals surface area contributed by atoms with Crippen molar-refractivity contribution in [1.82, 2.24) is 4.31 Å². The lowest BCUT2D eigenvalue weighted by Gasteiger charge is -2.33. The Hall–Kier alpha value is -0.690. The Balaban J connectivity index is 2.43. The van der Waals surface area contributed by atoms with Crippen LogP contribution in [0.3, 0.4) is 0 Å². The average Bonchev–Trinajstić information content (AvgIpc) is 2.41. The van der Waals surface area contributed by atoms with Gasteiger partial charge in [0.05, 0.1) is 24.2 Å². The van der Waals surface area contributed by atoms with Crippen LogP contribution in [0.1, 0.15) is 5.56 Å². The number of nitrogens with zero attached hydrogens (tertiary/aromatic N) is 1. The highest BCUT2D eigenvalue weighted by Crippen LogP contribution is 2.24. The van der Waals surface area contributed by atoms with E-state index in [-0.39, 0.29) is 23.9 Å². The van der Waals surface area contributed by atoms with Crippen LogP contribution >= 0.6 is 11.6 Å². The minimum atomic E-state index is -3.75. The van der Waals surface area contributed by atoms with E-state index in [9.17, 15) is 12.8 Å². The second kappa shape index (κ2) is 5.75. The van der Waals surface area contributed by atoms with Gasteiger partial charge < -0.3 is 4.74 Å². The van der Waals surface area contributed by atoms with E-state index in [4.69, 9.17) is 16.3 Å². The fourth-order valence-electron chi connectivity index (χ4n) is 2.06. The molecule has 1 aromatic rings. The van der Waals surface area contributed by atoms with Crippen LogP contribution in [0.5, 0.6) is 0 Å². The molecular weight excluding hydrogens is 293 g/mol. The highest BCUT2D eigenvalue weighted by atomic mass is 35.5. The van der Waals surface area contributed by atoms with Crippen molar-refractivity contribution in [2.45, 2.75) is 17.9 Å². The third kappa shape index (κ3) is 2.91. The first-order valence-corrected chi connectivity index (χ1v) is 7.86. The summed E-state index contributed by atoms with van der Waals surface area (Å²) in [5, 5.41) is 0. The first-order chi connectivity index (χ1) is 8.96. The van der Waals surface area contributed by atoms with E-state index < -0.39 is 21.9 Å². The van der Waals surface area contributed by atoms with Crippen LogP contribution in [0.25, 0.3) is 0 Å². The molecule has 0 amide bonds. The third-order valence-electron chi connectivity index (χ3n) is 3.09. The Bertz CT molecular complexity index is 564. The summed E-state index contributed by atoms with van der Waals surface area (Å²) in [6.07, 6.45) is 0. The van der Waals surface area contributed by atoms with Crippen LogP contribution in [-0.2, 0) is 14.8 Å². The third-order valence-corrected chi connectivity index (χ3v) is 5.54. The molecule has 0 aromatic heterocycles. The van der Waals surface area contributed by atoms with Crippen LogP contribution in [0.4, 0.5) is 4.39 Å². The van der Waals surface area contributed by atoms with Gasteiger partial charge in [0.1, 0.15) is 5.82 Å². The van der Waals surface area contributed by atoms with Gasteiger partial charge in [-0.15, -0.1) is 11.6 Å². The van der Waals surface area contributed by atoms with Gasteiger partial charge in [0.15, 0.2) is 0 Å². The van der Waals surface area contributed by atoms with Crippen LogP contribution in [0.2, 0.25) is 0 Å². The van der Waals surface area contributed by atoms with Crippen molar-refractivity contribution in [2.75, 3.05) is 25.6 Å². The topological polar surface area (TPSA) is 46.6 Å². The molecule has 1 aromatic carbocycles. The van der Waals surface area contributed by atoms with E-state index >= 15 is 0 Å². The maximum Gasteiger partial charge on any atom is 0.243 e. The summed E-state index contributed by atoms with van der Waals surface area (Å²) in [5.41, 5.74) is 0.515. The molecule has 4 nitrogen and oxygen atoms in total. The molecule has 1 fully saturated rings. The van der Waals surface area contributed by atoms with Crippen LogP contribution in [0.15, 0.2) is 23.1 Å². The van der Waals surface area contributed by atoms with Crippen LogP contribution < -0.4 is 0 Å². The summed E-state index contributed by atoms with van der Waals surface area (Å²) in [4.78, 5) is -0.00971. The zero-order valence-corrected chi connectivity index (χ0v) is 12.0. The lowest BCUT2D eigenvalue weighted by molar-refractivity contribution is 0.0404. The minimum absolute atomic E-state index is 0.00971. The molecule has 2 rings (SSSR count). The second-order valence-corrected chi connectivity index (χ2v) is 6.58. The van der Waals surface area contributed by atoms with Gasteiger partial charge in [-0.05, 0) is 24.6 Å². The van der Waals surface area contributed by atoms with E-state index in [0.29, 0.717) is 12.2 Å². The Labute approximate surface area is 117 Å². The molecule has 0 radical (unpaired) electrons. The number of aryl methyl sites for hydroxylation is 1. The molecule has 0 spiro atoms. The summed E-state index contributed by atoms with van der Waals surface area (Å²) in [6, 6.07) is 3.33. The SMILES string of the molecule is Cc1ccc(F)cc1S(=O)(=O)N1CCOCC1CCl. The smallest absolute Gasteiger partial charge is 0.243 e. The number of ether oxygens (including phenoxy) is 1. The molecule has 7 heteroatoms. The number of sulfonamides is 1. The van der Waals surface area contributed by atoms with Gasteiger partial charge in [-0.25, -0.2) is 12.8 Å². The van der Waals surface area contributed by atoms with Gasteiger partial charge >= 0.3 is 0 Å². The van der Waals surface area contributed by atoms with Crippen molar-refractivity contribution in [3.63, 3.8) is 0 Å². The van der Waals surface area contributed by atoms with Crippen LogP contribution in [0, 0.1) is 12.7 Å². The average molecular weight is 308 g/mol. The quantitative estimate of drug-likeness (QED) is 0.800. The van der Waals surface area contributed by atoms with Crippen molar-refractivity contribution >= 4 is 21.6 Å². The predicted octanol–water partition coefficient (Wildman–Crippen LogP) is 1.76. The summed E-state index contributed by atoms with van der Waals surface area (Å²) < 4.78 is 45.0. The monoisotopic (exact) mass is 307 g/mol. The van der Waals surface area contributed by atoms with Gasteiger partial charge in [-0.1, -0.05) is 6.07 Å². The number of morpholine rings is 1. The predicted molar refractivity (Wildman–Crippen MR) is 70.4 cm³/mol. The lowest BCUT2D eigenvalue weighted by Crippen LogP contribution is -2.49. The second-order valence-electron chi connectivity index (χ2n) is 4.41. The van der Waals surface area contributed by atoms with Crippen molar-refractivity contribution in [3.8, 4) is 0 Å². The maximum atomic E-state index is 13.3. The van der Waals surface area contributed by atoms with Gasteiger partial charge in [-0.2, -0.15) is 4.31 Å². The van der Waals surface area contributed by atoms with Crippen LogP contribution in [-0.4, -0.2) is 44.4 Å². The maximum absolute atomic E-state index is 13.3. The molecule has 1 unspecified atom stereocenters. The van der Waals surface area contributed by atoms with Gasteiger partial charge in [-0.3, -0.25) is 0 Å². The molecule has 1 aliphatic heterocycles. The molecule has 19 heavy (non-hydrogen) atoms. The number of halogens is 2. The van der Waals surface area contributed by atoms with E-state index in [1.807, 2.05) is 0 Å². The van der Waals surface area contributed by atoms with E-state index in [2.05, 4.69) is 0 Å². The molecule has 106 valence electrons. The molecule has 0 aliphatic carbocycles. The zero-order chi connectivity index (χ0) is 14.0. The highest BCUT2D eigenvalue weighted by molar-refractivity contribution is 7.89. The summed E-state index contributed by atoms with van der Waals surface area (Å²) in [5.74, 6) is -0.423. The number of hydrogen-bond acceptors (Lipinski definition) is 3. The Morgan fingerprint density at radius 1 is 1.53 bits per heavy atom. The number of benzene rings is 1. The minimum Gasteiger partial charge on any atom is -0.378 e. The van der Waals surface area contributed by atoms with Crippen molar-refractivity contribution in [3.05, 3.63) is 29.6 Å². The molecular formula is C12H15ClFNO3S. The molecule has 1 atom stereocenters. The molecule has 0 bridgehead atoms. The Kier molecular flexibility index (Phi) is 4.45. The van der Waals surface area contributed by atoms with Gasteiger partial charge in [0.25, 0.3) is 0 Å². The van der Waals surface area contributed by atoms with Gasteiger partial charge in [0, 0.05) is 12.4 Å². The van der Waals surface area contributed by atoms with E-state index in [1.54, 1.807) is 6.92 Å². The normalized spacial score (nSPS) is 21.5. The lowest BCUT2D eigenvalue weighted by atomic mass is 10.2. The zero-order valence-electron chi connectivity index (χ0n) is 10.5. The fourth-order valence-corrected chi connectivity index (χ4v) is 4.23. The number of hydrogen-bond donors (Lipinski definition) is 0. The summed E-state index contributed by atoms with van der Waals surface area (Å²) in [7, 11) is -3.75. The molecule has 0 saturated carbocycles. The first kappa shape index (κ1) is 14.7. The molecule has 0 N–H and O–H groups in total. The first-order valence-electron chi connectivity index (χ1n) is 5.88. The standard InChI is InChI=1S/C12H15ClFNO3S/c1-9-2-3-10(14)6-12(9)19(16,17)15-4-5-18-8-11(15)7-13/h2-3,6,11H,4-5,7-8H2,1H3. The molecule has 1 heterocycles. The van der Waals surface area contributed by atoms with Crippen molar-refractivity contribution < 1.29 is 17.5 Å². The summed E-state index contributed by atoms with van der Waals surface area (Å²) >= 11 is 5.78. The number of rotatable bonds is 3. The Morgan fingerprint density at radius 3 is 2.95 bits per heavy atom. The fraction of sp³-hybridized carbons (Fsp3) is 0.500. The van der Waals surface area contributed by atoms with Gasteiger partial charge in [0.2, 0.25) is 10.0 Å².